The van der Waals surface area contributed by atoms with Crippen LogP contribution in [0.3, 0.4) is 0 Å². The number of carbonyl (C=O) groups is 1. The van der Waals surface area contributed by atoms with Gasteiger partial charge in [0, 0.05) is 50.5 Å². The van der Waals surface area contributed by atoms with Gasteiger partial charge in [-0.05, 0) is 12.5 Å². The molecule has 3 rings (SSSR count). The molecule has 0 aromatic carbocycles. The quantitative estimate of drug-likeness (QED) is 0.837. The molecule has 0 spiro atoms. The number of urea groups is 1. The average molecular weight is 320 g/mol. The van der Waals surface area contributed by atoms with E-state index in [0.29, 0.717) is 32.2 Å². The second kappa shape index (κ2) is 8.12. The maximum Gasteiger partial charge on any atom is 0.315 e. The smallest absolute Gasteiger partial charge is 0.315 e. The normalized spacial score (nSPS) is 21.2. The van der Waals surface area contributed by atoms with Crippen molar-refractivity contribution in [3.8, 4) is 0 Å². The summed E-state index contributed by atoms with van der Waals surface area (Å²) in [7, 11) is 0. The van der Waals surface area contributed by atoms with Gasteiger partial charge in [-0.3, -0.25) is 0 Å². The van der Waals surface area contributed by atoms with Gasteiger partial charge in [-0.2, -0.15) is 0 Å². The van der Waals surface area contributed by atoms with Crippen molar-refractivity contribution in [2.75, 3.05) is 51.0 Å². The van der Waals surface area contributed by atoms with Gasteiger partial charge in [0.2, 0.25) is 0 Å². The number of amides is 2. The second-order valence-electron chi connectivity index (χ2n) is 5.88. The van der Waals surface area contributed by atoms with Crippen LogP contribution in [0.15, 0.2) is 18.3 Å². The Hall–Kier alpha value is -1.86. The standard InChI is InChI=1S/C16H24N4O3/c21-16(18-10-13-3-7-23-12-13)19-11-14-2-1-4-17-15(14)20-5-8-22-9-6-20/h1-2,4,13H,3,5-12H2,(H2,18,19,21). The molecular weight excluding hydrogens is 296 g/mol. The Labute approximate surface area is 136 Å². The molecular formula is C16H24N4O3. The monoisotopic (exact) mass is 320 g/mol. The predicted molar refractivity (Wildman–Crippen MR) is 86.4 cm³/mol. The summed E-state index contributed by atoms with van der Waals surface area (Å²) in [5.41, 5.74) is 1.02. The van der Waals surface area contributed by atoms with Crippen LogP contribution in [0.2, 0.25) is 0 Å². The Balaban J connectivity index is 1.50. The van der Waals surface area contributed by atoms with Crippen molar-refractivity contribution in [2.45, 2.75) is 13.0 Å². The fourth-order valence-corrected chi connectivity index (χ4v) is 2.85. The first-order chi connectivity index (χ1) is 11.3. The van der Waals surface area contributed by atoms with Crippen molar-refractivity contribution in [1.29, 1.82) is 0 Å². The number of anilines is 1. The highest BCUT2D eigenvalue weighted by Crippen LogP contribution is 2.18. The van der Waals surface area contributed by atoms with Crippen LogP contribution in [0.5, 0.6) is 0 Å². The predicted octanol–water partition coefficient (Wildman–Crippen LogP) is 0.754. The van der Waals surface area contributed by atoms with Crippen LogP contribution in [-0.2, 0) is 16.0 Å². The summed E-state index contributed by atoms with van der Waals surface area (Å²) in [6.07, 6.45) is 2.80. The van der Waals surface area contributed by atoms with E-state index in [-0.39, 0.29) is 6.03 Å². The minimum Gasteiger partial charge on any atom is -0.381 e. The molecule has 1 unspecified atom stereocenters. The van der Waals surface area contributed by atoms with Gasteiger partial charge < -0.3 is 25.0 Å². The molecule has 0 radical (unpaired) electrons. The number of rotatable bonds is 5. The SMILES string of the molecule is O=C(NCc1cccnc1N1CCOCC1)NCC1CCOC1. The van der Waals surface area contributed by atoms with Gasteiger partial charge in [-0.1, -0.05) is 6.07 Å². The van der Waals surface area contributed by atoms with Gasteiger partial charge in [0.1, 0.15) is 5.82 Å². The first-order valence-corrected chi connectivity index (χ1v) is 8.19. The van der Waals surface area contributed by atoms with Crippen molar-refractivity contribution >= 4 is 11.8 Å². The number of pyridine rings is 1. The molecule has 1 aromatic rings. The number of ether oxygens (including phenoxy) is 2. The molecule has 126 valence electrons. The van der Waals surface area contributed by atoms with Crippen molar-refractivity contribution < 1.29 is 14.3 Å². The lowest BCUT2D eigenvalue weighted by Gasteiger charge is -2.29. The van der Waals surface area contributed by atoms with Gasteiger partial charge in [0.15, 0.2) is 0 Å². The zero-order chi connectivity index (χ0) is 15.9. The highest BCUT2D eigenvalue weighted by molar-refractivity contribution is 5.74. The molecule has 2 aliphatic rings. The first kappa shape index (κ1) is 16.0. The molecule has 3 heterocycles. The largest absolute Gasteiger partial charge is 0.381 e. The molecule has 23 heavy (non-hydrogen) atoms. The molecule has 0 saturated carbocycles. The maximum atomic E-state index is 11.9. The van der Waals surface area contributed by atoms with Crippen molar-refractivity contribution in [1.82, 2.24) is 15.6 Å². The average Bonchev–Trinajstić information content (AvgIpc) is 3.13. The third kappa shape index (κ3) is 4.56. The molecule has 0 aliphatic carbocycles. The van der Waals surface area contributed by atoms with Gasteiger partial charge in [0.25, 0.3) is 0 Å². The summed E-state index contributed by atoms with van der Waals surface area (Å²) in [4.78, 5) is 18.6. The number of morpholine rings is 1. The van der Waals surface area contributed by atoms with Crippen molar-refractivity contribution in [2.24, 2.45) is 5.92 Å². The van der Waals surface area contributed by atoms with E-state index < -0.39 is 0 Å². The van der Waals surface area contributed by atoms with Gasteiger partial charge in [-0.15, -0.1) is 0 Å². The molecule has 7 nitrogen and oxygen atoms in total. The fraction of sp³-hybridized carbons (Fsp3) is 0.625. The first-order valence-electron chi connectivity index (χ1n) is 8.19. The number of carbonyl (C=O) groups excluding carboxylic acids is 1. The Bertz CT molecular complexity index is 514. The molecule has 2 amide bonds. The van der Waals surface area contributed by atoms with Crippen LogP contribution in [0.1, 0.15) is 12.0 Å². The van der Waals surface area contributed by atoms with Gasteiger partial charge >= 0.3 is 6.03 Å². The van der Waals surface area contributed by atoms with Crippen LogP contribution in [0.25, 0.3) is 0 Å². The van der Waals surface area contributed by atoms with E-state index in [1.54, 1.807) is 6.20 Å². The van der Waals surface area contributed by atoms with E-state index in [1.807, 2.05) is 12.1 Å². The summed E-state index contributed by atoms with van der Waals surface area (Å²) in [6.45, 7) is 5.76. The summed E-state index contributed by atoms with van der Waals surface area (Å²) in [5, 5.41) is 5.82. The Kier molecular flexibility index (Phi) is 5.65. The zero-order valence-corrected chi connectivity index (χ0v) is 13.3. The van der Waals surface area contributed by atoms with E-state index in [4.69, 9.17) is 9.47 Å². The van der Waals surface area contributed by atoms with E-state index in [0.717, 1.165) is 44.1 Å². The third-order valence-electron chi connectivity index (χ3n) is 4.19. The molecule has 2 saturated heterocycles. The lowest BCUT2D eigenvalue weighted by molar-refractivity contribution is 0.122. The van der Waals surface area contributed by atoms with Gasteiger partial charge in [0.05, 0.1) is 19.8 Å². The highest BCUT2D eigenvalue weighted by atomic mass is 16.5. The molecule has 7 heteroatoms. The van der Waals surface area contributed by atoms with Crippen molar-refractivity contribution in [3.63, 3.8) is 0 Å². The molecule has 0 bridgehead atoms. The van der Waals surface area contributed by atoms with E-state index in [1.165, 1.54) is 0 Å². The third-order valence-corrected chi connectivity index (χ3v) is 4.19. The number of hydrogen-bond donors (Lipinski definition) is 2. The Morgan fingerprint density at radius 3 is 2.91 bits per heavy atom. The molecule has 1 atom stereocenters. The van der Waals surface area contributed by atoms with Crippen LogP contribution >= 0.6 is 0 Å². The Morgan fingerprint density at radius 2 is 2.13 bits per heavy atom. The summed E-state index contributed by atoms with van der Waals surface area (Å²) >= 11 is 0. The maximum absolute atomic E-state index is 11.9. The number of aromatic nitrogens is 1. The lowest BCUT2D eigenvalue weighted by Crippen LogP contribution is -2.40. The molecule has 2 aliphatic heterocycles. The topological polar surface area (TPSA) is 75.7 Å². The number of hydrogen-bond acceptors (Lipinski definition) is 5. The van der Waals surface area contributed by atoms with Crippen LogP contribution < -0.4 is 15.5 Å². The highest BCUT2D eigenvalue weighted by Gasteiger charge is 2.18. The summed E-state index contributed by atoms with van der Waals surface area (Å²) in [6, 6.07) is 3.76. The van der Waals surface area contributed by atoms with Gasteiger partial charge in [-0.25, -0.2) is 9.78 Å². The van der Waals surface area contributed by atoms with E-state index in [2.05, 4.69) is 20.5 Å². The Morgan fingerprint density at radius 1 is 1.26 bits per heavy atom. The lowest BCUT2D eigenvalue weighted by atomic mass is 10.1. The second-order valence-corrected chi connectivity index (χ2v) is 5.88. The van der Waals surface area contributed by atoms with Crippen LogP contribution in [0.4, 0.5) is 10.6 Å². The van der Waals surface area contributed by atoms with Crippen LogP contribution in [0, 0.1) is 5.92 Å². The van der Waals surface area contributed by atoms with E-state index >= 15 is 0 Å². The van der Waals surface area contributed by atoms with Crippen molar-refractivity contribution in [3.05, 3.63) is 23.9 Å². The summed E-state index contributed by atoms with van der Waals surface area (Å²) < 4.78 is 10.7. The fourth-order valence-electron chi connectivity index (χ4n) is 2.85. The minimum absolute atomic E-state index is 0.145. The number of nitrogens with one attached hydrogen (secondary N) is 2. The number of nitrogens with zero attached hydrogens (tertiary/aromatic N) is 2. The zero-order valence-electron chi connectivity index (χ0n) is 13.3. The molecule has 1 aromatic heterocycles. The summed E-state index contributed by atoms with van der Waals surface area (Å²) in [5.74, 6) is 1.36. The minimum atomic E-state index is -0.145. The van der Waals surface area contributed by atoms with E-state index in [9.17, 15) is 4.79 Å². The van der Waals surface area contributed by atoms with Crippen LogP contribution in [-0.4, -0.2) is 57.1 Å². The molecule has 2 N–H and O–H groups in total. The molecule has 2 fully saturated rings.